The summed E-state index contributed by atoms with van der Waals surface area (Å²) < 4.78 is 5.09. The molecule has 124 valence electrons. The minimum atomic E-state index is -0.478. The first-order valence-corrected chi connectivity index (χ1v) is 8.27. The number of halogens is 3. The average Bonchev–Trinajstić information content (AvgIpc) is 2.58. The van der Waals surface area contributed by atoms with Gasteiger partial charge < -0.3 is 10.1 Å². The lowest BCUT2D eigenvalue weighted by atomic mass is 10.2. The van der Waals surface area contributed by atoms with Crippen LogP contribution in [-0.4, -0.2) is 12.6 Å². The summed E-state index contributed by atoms with van der Waals surface area (Å²) in [4.78, 5) is 11.6. The third-order valence-electron chi connectivity index (χ3n) is 2.97. The number of hydrogen-bond donors (Lipinski definition) is 1. The fourth-order valence-corrected chi connectivity index (χ4v) is 2.37. The van der Waals surface area contributed by atoms with Crippen molar-refractivity contribution in [2.75, 3.05) is 6.54 Å². The molecule has 0 radical (unpaired) electrons. The summed E-state index contributed by atoms with van der Waals surface area (Å²) >= 11 is 17.8. The largest absolute Gasteiger partial charge is 0.445 e. The fourth-order valence-electron chi connectivity index (χ4n) is 1.78. The number of benzene rings is 2. The molecule has 0 aliphatic carbocycles. The zero-order valence-corrected chi connectivity index (χ0v) is 14.9. The van der Waals surface area contributed by atoms with Gasteiger partial charge in [0, 0.05) is 18.5 Å². The molecule has 0 fully saturated rings. The molecule has 2 aromatic rings. The van der Waals surface area contributed by atoms with Crippen LogP contribution in [0.2, 0.25) is 15.1 Å². The Kier molecular flexibility index (Phi) is 7.27. The van der Waals surface area contributed by atoms with Gasteiger partial charge in [0.1, 0.15) is 6.61 Å². The van der Waals surface area contributed by atoms with E-state index in [1.807, 2.05) is 30.3 Å². The Labute approximate surface area is 155 Å². The van der Waals surface area contributed by atoms with Gasteiger partial charge in [0.05, 0.1) is 15.1 Å². The Bertz CT molecular complexity index is 767. The van der Waals surface area contributed by atoms with Gasteiger partial charge in [0.25, 0.3) is 0 Å². The van der Waals surface area contributed by atoms with Crippen molar-refractivity contribution < 1.29 is 9.53 Å². The van der Waals surface area contributed by atoms with Crippen LogP contribution >= 0.6 is 34.8 Å². The van der Waals surface area contributed by atoms with Gasteiger partial charge >= 0.3 is 6.09 Å². The molecule has 0 aliphatic rings. The number of carbonyl (C=O) groups excluding carboxylic acids is 1. The molecule has 0 heterocycles. The van der Waals surface area contributed by atoms with Crippen molar-refractivity contribution in [2.45, 2.75) is 13.0 Å². The molecule has 1 N–H and O–H groups in total. The lowest BCUT2D eigenvalue weighted by Crippen LogP contribution is -2.24. The molecule has 0 aliphatic heterocycles. The standard InChI is InChI=1S/C18H14Cl3NO2/c19-15-11-17(21)16(20)10-14(15)8-4-5-9-22-18(23)24-12-13-6-2-1-3-7-13/h1-3,6-7,10-11H,5,9,12H2,(H,22,23). The van der Waals surface area contributed by atoms with Crippen LogP contribution in [0.25, 0.3) is 0 Å². The monoisotopic (exact) mass is 381 g/mol. The maximum absolute atomic E-state index is 11.6. The average molecular weight is 383 g/mol. The van der Waals surface area contributed by atoms with E-state index in [0.717, 1.165) is 5.56 Å². The lowest BCUT2D eigenvalue weighted by molar-refractivity contribution is 0.140. The minimum absolute atomic E-state index is 0.233. The maximum atomic E-state index is 11.6. The van der Waals surface area contributed by atoms with Crippen molar-refractivity contribution in [1.29, 1.82) is 0 Å². The third-order valence-corrected chi connectivity index (χ3v) is 4.00. The Morgan fingerprint density at radius 2 is 1.75 bits per heavy atom. The van der Waals surface area contributed by atoms with Gasteiger partial charge in [-0.1, -0.05) is 77.0 Å². The molecule has 0 spiro atoms. The molecule has 0 bridgehead atoms. The molecular formula is C18H14Cl3NO2. The first kappa shape index (κ1) is 18.5. The molecule has 0 unspecified atom stereocenters. The molecule has 1 amide bonds. The smallest absolute Gasteiger partial charge is 0.407 e. The van der Waals surface area contributed by atoms with Crippen LogP contribution < -0.4 is 5.32 Å². The second-order valence-electron chi connectivity index (χ2n) is 4.79. The number of hydrogen-bond acceptors (Lipinski definition) is 2. The Morgan fingerprint density at radius 1 is 1.04 bits per heavy atom. The molecule has 2 rings (SSSR count). The Morgan fingerprint density at radius 3 is 2.50 bits per heavy atom. The van der Waals surface area contributed by atoms with Crippen LogP contribution in [0.4, 0.5) is 4.79 Å². The van der Waals surface area contributed by atoms with Crippen LogP contribution in [0.1, 0.15) is 17.5 Å². The first-order chi connectivity index (χ1) is 11.6. The number of carbonyl (C=O) groups is 1. The Hall–Kier alpha value is -1.86. The zero-order chi connectivity index (χ0) is 17.4. The SMILES string of the molecule is O=C(NCCC#Cc1cc(Cl)c(Cl)cc1Cl)OCc1ccccc1. The molecule has 0 atom stereocenters. The molecule has 0 aromatic heterocycles. The minimum Gasteiger partial charge on any atom is -0.445 e. The van der Waals surface area contributed by atoms with E-state index in [1.165, 1.54) is 0 Å². The first-order valence-electron chi connectivity index (χ1n) is 7.14. The molecule has 2 aromatic carbocycles. The van der Waals surface area contributed by atoms with Crippen molar-refractivity contribution >= 4 is 40.9 Å². The number of rotatable bonds is 4. The summed E-state index contributed by atoms with van der Waals surface area (Å²) in [6.07, 6.45) is -0.0231. The second-order valence-corrected chi connectivity index (χ2v) is 6.01. The van der Waals surface area contributed by atoms with Crippen LogP contribution in [0, 0.1) is 11.8 Å². The summed E-state index contributed by atoms with van der Waals surface area (Å²) in [6.45, 7) is 0.608. The predicted molar refractivity (Wildman–Crippen MR) is 97.6 cm³/mol. The number of alkyl carbamates (subject to hydrolysis) is 1. The number of ether oxygens (including phenoxy) is 1. The predicted octanol–water partition coefficient (Wildman–Crippen LogP) is 5.31. The highest BCUT2D eigenvalue weighted by molar-refractivity contribution is 6.43. The van der Waals surface area contributed by atoms with Crippen LogP contribution in [0.3, 0.4) is 0 Å². The van der Waals surface area contributed by atoms with Gasteiger partial charge in [-0.25, -0.2) is 4.79 Å². The van der Waals surface area contributed by atoms with Crippen molar-refractivity contribution in [3.8, 4) is 11.8 Å². The van der Waals surface area contributed by atoms with Gasteiger partial charge in [-0.05, 0) is 17.7 Å². The quantitative estimate of drug-likeness (QED) is 0.442. The fraction of sp³-hybridized carbons (Fsp3) is 0.167. The van der Waals surface area contributed by atoms with E-state index in [2.05, 4.69) is 17.2 Å². The van der Waals surface area contributed by atoms with E-state index < -0.39 is 6.09 Å². The zero-order valence-electron chi connectivity index (χ0n) is 12.6. The van der Waals surface area contributed by atoms with Gasteiger partial charge in [0.2, 0.25) is 0 Å². The van der Waals surface area contributed by atoms with Crippen LogP contribution in [0.15, 0.2) is 42.5 Å². The molecule has 3 nitrogen and oxygen atoms in total. The highest BCUT2D eigenvalue weighted by atomic mass is 35.5. The van der Waals surface area contributed by atoms with Crippen molar-refractivity contribution in [2.24, 2.45) is 0 Å². The summed E-state index contributed by atoms with van der Waals surface area (Å²) in [7, 11) is 0. The summed E-state index contributed by atoms with van der Waals surface area (Å²) in [5.74, 6) is 5.81. The highest BCUT2D eigenvalue weighted by Gasteiger charge is 2.04. The topological polar surface area (TPSA) is 38.3 Å². The summed E-state index contributed by atoms with van der Waals surface area (Å²) in [5.41, 5.74) is 1.53. The van der Waals surface area contributed by atoms with Crippen molar-refractivity contribution in [1.82, 2.24) is 5.32 Å². The van der Waals surface area contributed by atoms with E-state index >= 15 is 0 Å². The molecule has 0 saturated carbocycles. The van der Waals surface area contributed by atoms with E-state index in [-0.39, 0.29) is 6.61 Å². The third kappa shape index (κ3) is 5.98. The lowest BCUT2D eigenvalue weighted by Gasteiger charge is -2.05. The summed E-state index contributed by atoms with van der Waals surface area (Å²) in [6, 6.07) is 12.6. The van der Waals surface area contributed by atoms with Gasteiger partial charge in [-0.3, -0.25) is 0 Å². The molecule has 0 saturated heterocycles. The number of nitrogens with one attached hydrogen (secondary N) is 1. The van der Waals surface area contributed by atoms with Crippen LogP contribution in [-0.2, 0) is 11.3 Å². The highest BCUT2D eigenvalue weighted by Crippen LogP contribution is 2.28. The van der Waals surface area contributed by atoms with Crippen molar-refractivity contribution in [3.63, 3.8) is 0 Å². The molecule has 6 heteroatoms. The molecular weight excluding hydrogens is 369 g/mol. The normalized spacial score (nSPS) is 9.79. The van der Waals surface area contributed by atoms with Gasteiger partial charge in [-0.2, -0.15) is 0 Å². The van der Waals surface area contributed by atoms with E-state index in [4.69, 9.17) is 39.5 Å². The van der Waals surface area contributed by atoms with Gasteiger partial charge in [-0.15, -0.1) is 0 Å². The second kappa shape index (κ2) is 9.44. The maximum Gasteiger partial charge on any atom is 0.407 e. The van der Waals surface area contributed by atoms with E-state index in [0.29, 0.717) is 33.6 Å². The van der Waals surface area contributed by atoms with E-state index in [1.54, 1.807) is 12.1 Å². The summed E-state index contributed by atoms with van der Waals surface area (Å²) in [5, 5.41) is 3.85. The number of amides is 1. The van der Waals surface area contributed by atoms with E-state index in [9.17, 15) is 4.79 Å². The van der Waals surface area contributed by atoms with Crippen LogP contribution in [0.5, 0.6) is 0 Å². The molecule has 24 heavy (non-hydrogen) atoms. The Balaban J connectivity index is 1.73. The van der Waals surface area contributed by atoms with Crippen molar-refractivity contribution in [3.05, 3.63) is 68.7 Å². The van der Waals surface area contributed by atoms with Gasteiger partial charge in [0.15, 0.2) is 0 Å².